The molecule has 1 aliphatic heterocycles. The van der Waals surface area contributed by atoms with Crippen molar-refractivity contribution >= 4 is 12.1 Å². The van der Waals surface area contributed by atoms with Crippen LogP contribution in [-0.4, -0.2) is 55.8 Å². The Morgan fingerprint density at radius 2 is 2.07 bits per heavy atom. The van der Waals surface area contributed by atoms with Crippen LogP contribution in [0.4, 0.5) is 4.79 Å². The summed E-state index contributed by atoms with van der Waals surface area (Å²) in [5.74, 6) is 1.60. The van der Waals surface area contributed by atoms with E-state index < -0.39 is 0 Å². The van der Waals surface area contributed by atoms with Gasteiger partial charge in [-0.15, -0.1) is 0 Å². The minimum Gasteiger partial charge on any atom is -0.489 e. The predicted molar refractivity (Wildman–Crippen MR) is 112 cm³/mol. The molecule has 1 heterocycles. The van der Waals surface area contributed by atoms with Gasteiger partial charge in [-0.2, -0.15) is 0 Å². The first kappa shape index (κ1) is 21.6. The zero-order valence-corrected chi connectivity index (χ0v) is 16.9. The van der Waals surface area contributed by atoms with Gasteiger partial charge in [0.25, 0.3) is 0 Å². The van der Waals surface area contributed by atoms with Gasteiger partial charge in [-0.05, 0) is 32.8 Å². The monoisotopic (exact) mass is 388 g/mol. The van der Waals surface area contributed by atoms with Crippen LogP contribution in [0.1, 0.15) is 32.3 Å². The van der Waals surface area contributed by atoms with Gasteiger partial charge in [-0.25, -0.2) is 9.79 Å². The second kappa shape index (κ2) is 11.9. The minimum atomic E-state index is -0.224. The van der Waals surface area contributed by atoms with Crippen molar-refractivity contribution in [2.24, 2.45) is 4.99 Å². The molecule has 1 aromatic carbocycles. The lowest BCUT2D eigenvalue weighted by molar-refractivity contribution is 0.0963. The molecule has 28 heavy (non-hydrogen) atoms. The summed E-state index contributed by atoms with van der Waals surface area (Å²) >= 11 is 0. The molecule has 0 radical (unpaired) electrons. The largest absolute Gasteiger partial charge is 0.489 e. The molecule has 1 aromatic rings. The zero-order valence-electron chi connectivity index (χ0n) is 16.9. The molecule has 2 N–H and O–H groups in total. The molecule has 0 unspecified atom stereocenters. The Labute approximate surface area is 167 Å². The van der Waals surface area contributed by atoms with Crippen molar-refractivity contribution in [2.45, 2.75) is 39.3 Å². The smallest absolute Gasteiger partial charge is 0.409 e. The summed E-state index contributed by atoms with van der Waals surface area (Å²) in [6, 6.07) is 8.17. The molecule has 1 aliphatic rings. The SMILES string of the molecule is C=CCOc1ccccc1CN=C(NCC)NC1CCN(C(=O)OCC)CC1. The number of likely N-dealkylation sites (tertiary alicyclic amines) is 1. The maximum atomic E-state index is 11.8. The highest BCUT2D eigenvalue weighted by Gasteiger charge is 2.24. The fourth-order valence-electron chi connectivity index (χ4n) is 3.02. The Hall–Kier alpha value is -2.70. The predicted octanol–water partition coefficient (Wildman–Crippen LogP) is 2.93. The lowest BCUT2D eigenvalue weighted by Crippen LogP contribution is -2.49. The van der Waals surface area contributed by atoms with Gasteiger partial charge in [0.05, 0.1) is 13.2 Å². The summed E-state index contributed by atoms with van der Waals surface area (Å²) in [5, 5.41) is 6.78. The van der Waals surface area contributed by atoms with E-state index in [1.165, 1.54) is 0 Å². The number of hydrogen-bond donors (Lipinski definition) is 2. The van der Waals surface area contributed by atoms with E-state index in [4.69, 9.17) is 14.5 Å². The molecule has 0 spiro atoms. The molecule has 0 aliphatic carbocycles. The third-order valence-corrected chi connectivity index (χ3v) is 4.44. The molecule has 7 heteroatoms. The van der Waals surface area contributed by atoms with Crippen LogP contribution in [0, 0.1) is 0 Å². The van der Waals surface area contributed by atoms with Crippen molar-refractivity contribution in [1.29, 1.82) is 0 Å². The first-order chi connectivity index (χ1) is 13.7. The molecule has 1 fully saturated rings. The number of aliphatic imine (C=N–C) groups is 1. The van der Waals surface area contributed by atoms with Crippen LogP contribution in [0.3, 0.4) is 0 Å². The number of nitrogens with zero attached hydrogens (tertiary/aromatic N) is 2. The van der Waals surface area contributed by atoms with Crippen molar-refractivity contribution in [3.63, 3.8) is 0 Å². The van der Waals surface area contributed by atoms with Crippen molar-refractivity contribution in [2.75, 3.05) is 32.8 Å². The highest BCUT2D eigenvalue weighted by molar-refractivity contribution is 5.80. The van der Waals surface area contributed by atoms with Crippen LogP contribution in [-0.2, 0) is 11.3 Å². The van der Waals surface area contributed by atoms with Crippen LogP contribution < -0.4 is 15.4 Å². The first-order valence-electron chi connectivity index (χ1n) is 9.96. The Morgan fingerprint density at radius 3 is 2.75 bits per heavy atom. The Morgan fingerprint density at radius 1 is 1.32 bits per heavy atom. The fraction of sp³-hybridized carbons (Fsp3) is 0.524. The summed E-state index contributed by atoms with van der Waals surface area (Å²) < 4.78 is 10.8. The number of para-hydroxylation sites is 1. The van der Waals surface area contributed by atoms with E-state index >= 15 is 0 Å². The summed E-state index contributed by atoms with van der Waals surface area (Å²) in [7, 11) is 0. The first-order valence-corrected chi connectivity index (χ1v) is 9.96. The van der Waals surface area contributed by atoms with Gasteiger partial charge >= 0.3 is 6.09 Å². The highest BCUT2D eigenvalue weighted by Crippen LogP contribution is 2.19. The highest BCUT2D eigenvalue weighted by atomic mass is 16.6. The second-order valence-electron chi connectivity index (χ2n) is 6.51. The van der Waals surface area contributed by atoms with Crippen molar-refractivity contribution in [3.05, 3.63) is 42.5 Å². The van der Waals surface area contributed by atoms with E-state index in [2.05, 4.69) is 17.2 Å². The van der Waals surface area contributed by atoms with Gasteiger partial charge in [0, 0.05) is 31.2 Å². The Balaban J connectivity index is 1.93. The number of nitrogens with one attached hydrogen (secondary N) is 2. The second-order valence-corrected chi connectivity index (χ2v) is 6.51. The zero-order chi connectivity index (χ0) is 20.2. The molecule has 154 valence electrons. The van der Waals surface area contributed by atoms with Gasteiger partial charge < -0.3 is 25.0 Å². The summed E-state index contributed by atoms with van der Waals surface area (Å²) in [4.78, 5) is 18.3. The number of ether oxygens (including phenoxy) is 2. The summed E-state index contributed by atoms with van der Waals surface area (Å²) in [5.41, 5.74) is 1.03. The lowest BCUT2D eigenvalue weighted by Gasteiger charge is -2.32. The molecule has 1 amide bonds. The Bertz CT molecular complexity index is 655. The van der Waals surface area contributed by atoms with Crippen LogP contribution in [0.15, 0.2) is 41.9 Å². The van der Waals surface area contributed by atoms with Crippen molar-refractivity contribution in [1.82, 2.24) is 15.5 Å². The van der Waals surface area contributed by atoms with E-state index in [0.717, 1.165) is 36.7 Å². The molecule has 0 aromatic heterocycles. The van der Waals surface area contributed by atoms with Gasteiger partial charge in [0.15, 0.2) is 5.96 Å². The van der Waals surface area contributed by atoms with E-state index in [0.29, 0.717) is 32.8 Å². The molecule has 0 bridgehead atoms. The number of hydrogen-bond acceptors (Lipinski definition) is 4. The number of carbonyl (C=O) groups excluding carboxylic acids is 1. The summed E-state index contributed by atoms with van der Waals surface area (Å²) in [6.45, 7) is 11.1. The maximum absolute atomic E-state index is 11.8. The minimum absolute atomic E-state index is 0.224. The number of guanidine groups is 1. The average molecular weight is 389 g/mol. The van der Waals surface area contributed by atoms with E-state index in [1.807, 2.05) is 38.1 Å². The van der Waals surface area contributed by atoms with Crippen molar-refractivity contribution < 1.29 is 14.3 Å². The fourth-order valence-corrected chi connectivity index (χ4v) is 3.02. The van der Waals surface area contributed by atoms with Gasteiger partial charge in [-0.1, -0.05) is 30.9 Å². The third-order valence-electron chi connectivity index (χ3n) is 4.44. The number of rotatable bonds is 8. The maximum Gasteiger partial charge on any atom is 0.409 e. The van der Waals surface area contributed by atoms with Crippen LogP contribution in [0.2, 0.25) is 0 Å². The van der Waals surface area contributed by atoms with Crippen LogP contribution >= 0.6 is 0 Å². The standard InChI is InChI=1S/C21H32N4O3/c1-4-15-28-19-10-8-7-9-17(19)16-23-20(22-5-2)24-18-11-13-25(14-12-18)21(26)27-6-3/h4,7-10,18H,1,5-6,11-16H2,2-3H3,(H2,22,23,24). The number of piperidine rings is 1. The quantitative estimate of drug-likeness (QED) is 0.407. The molecule has 2 rings (SSSR count). The van der Waals surface area contributed by atoms with Gasteiger partial charge in [0.2, 0.25) is 0 Å². The normalized spacial score (nSPS) is 15.1. The molecular weight excluding hydrogens is 356 g/mol. The molecule has 0 atom stereocenters. The van der Waals surface area contributed by atoms with Crippen LogP contribution in [0.5, 0.6) is 5.75 Å². The van der Waals surface area contributed by atoms with E-state index in [-0.39, 0.29) is 12.1 Å². The number of amides is 1. The van der Waals surface area contributed by atoms with Gasteiger partial charge in [0.1, 0.15) is 12.4 Å². The van der Waals surface area contributed by atoms with Crippen LogP contribution in [0.25, 0.3) is 0 Å². The number of carbonyl (C=O) groups is 1. The lowest BCUT2D eigenvalue weighted by atomic mass is 10.1. The molecule has 1 saturated heterocycles. The third kappa shape index (κ3) is 6.79. The average Bonchev–Trinajstić information content (AvgIpc) is 2.72. The molecular formula is C21H32N4O3. The van der Waals surface area contributed by atoms with E-state index in [9.17, 15) is 4.79 Å². The number of benzene rings is 1. The van der Waals surface area contributed by atoms with E-state index in [1.54, 1.807) is 11.0 Å². The summed E-state index contributed by atoms with van der Waals surface area (Å²) in [6.07, 6.45) is 3.23. The van der Waals surface area contributed by atoms with Gasteiger partial charge in [-0.3, -0.25) is 0 Å². The topological polar surface area (TPSA) is 75.2 Å². The van der Waals surface area contributed by atoms with Crippen molar-refractivity contribution in [3.8, 4) is 5.75 Å². The molecule has 7 nitrogen and oxygen atoms in total. The Kier molecular flexibility index (Phi) is 9.18. The molecule has 0 saturated carbocycles.